The molecule has 1 unspecified atom stereocenters. The van der Waals surface area contributed by atoms with Gasteiger partial charge in [-0.15, -0.1) is 34.2 Å². The summed E-state index contributed by atoms with van der Waals surface area (Å²) < 4.78 is 3.85. The summed E-state index contributed by atoms with van der Waals surface area (Å²) in [5, 5.41) is 18.8. The van der Waals surface area contributed by atoms with Gasteiger partial charge in [0, 0.05) is 32.0 Å². The number of nitrogens with zero attached hydrogens (tertiary/aromatic N) is 6. The first-order valence-electron chi connectivity index (χ1n) is 9.73. The monoisotopic (exact) mass is 508 g/mol. The van der Waals surface area contributed by atoms with Crippen molar-refractivity contribution >= 4 is 29.9 Å². The van der Waals surface area contributed by atoms with Crippen LogP contribution in [-0.2, 0) is 6.54 Å². The summed E-state index contributed by atoms with van der Waals surface area (Å²) in [7, 11) is 0. The molecule has 0 aliphatic heterocycles. The maximum atomic E-state index is 4.71. The summed E-state index contributed by atoms with van der Waals surface area (Å²) in [5.41, 5.74) is 2.23. The van der Waals surface area contributed by atoms with Gasteiger partial charge >= 0.3 is 0 Å². The van der Waals surface area contributed by atoms with Gasteiger partial charge in [-0.05, 0) is 50.5 Å². The Morgan fingerprint density at radius 3 is 2.72 bits per heavy atom. The van der Waals surface area contributed by atoms with E-state index >= 15 is 0 Å². The third-order valence-corrected chi connectivity index (χ3v) is 4.40. The lowest BCUT2D eigenvalue weighted by molar-refractivity contribution is 0.609. The molecule has 0 bridgehead atoms. The zero-order valence-corrected chi connectivity index (χ0v) is 19.2. The predicted molar refractivity (Wildman–Crippen MR) is 126 cm³/mol. The molecular formula is C20H29IN8. The number of benzene rings is 1. The highest BCUT2D eigenvalue weighted by Gasteiger charge is 2.09. The van der Waals surface area contributed by atoms with Crippen molar-refractivity contribution in [3.8, 4) is 5.69 Å². The Kier molecular flexibility index (Phi) is 9.62. The van der Waals surface area contributed by atoms with Crippen molar-refractivity contribution in [1.82, 2.24) is 35.2 Å². The van der Waals surface area contributed by atoms with Crippen LogP contribution in [0.4, 0.5) is 0 Å². The van der Waals surface area contributed by atoms with Crippen molar-refractivity contribution in [2.24, 2.45) is 4.99 Å². The highest BCUT2D eigenvalue weighted by Crippen LogP contribution is 2.16. The van der Waals surface area contributed by atoms with Gasteiger partial charge < -0.3 is 15.2 Å². The molecule has 0 fully saturated rings. The van der Waals surface area contributed by atoms with Crippen molar-refractivity contribution in [3.63, 3.8) is 0 Å². The van der Waals surface area contributed by atoms with Crippen LogP contribution in [0.15, 0.2) is 60.4 Å². The summed E-state index contributed by atoms with van der Waals surface area (Å²) in [5.74, 6) is 0.837. The first-order chi connectivity index (χ1) is 13.8. The molecule has 1 aromatic carbocycles. The van der Waals surface area contributed by atoms with Crippen LogP contribution in [0.25, 0.3) is 5.69 Å². The molecule has 0 aliphatic carbocycles. The van der Waals surface area contributed by atoms with E-state index in [0.717, 1.165) is 44.1 Å². The highest BCUT2D eigenvalue weighted by molar-refractivity contribution is 14.0. The van der Waals surface area contributed by atoms with E-state index in [1.807, 2.05) is 21.5 Å². The minimum absolute atomic E-state index is 0. The van der Waals surface area contributed by atoms with Gasteiger partial charge in [0.05, 0.1) is 11.7 Å². The standard InChI is InChI=1S/C20H28N8.HI/c1-3-21-20(22-10-4-5-12-27-15-23-24-16-27)26-17(2)18-8-6-9-19(14-18)28-13-7-11-25-28;/h6-9,11,13-17H,3-5,10,12H2,1-2H3,(H2,21,22,26);1H. The van der Waals surface area contributed by atoms with E-state index in [-0.39, 0.29) is 30.0 Å². The first kappa shape index (κ1) is 22.9. The maximum Gasteiger partial charge on any atom is 0.191 e. The van der Waals surface area contributed by atoms with E-state index in [0.29, 0.717) is 0 Å². The van der Waals surface area contributed by atoms with Crippen LogP contribution in [0.1, 0.15) is 38.3 Å². The number of aliphatic imine (C=N–C) groups is 1. The van der Waals surface area contributed by atoms with Gasteiger partial charge in [0.15, 0.2) is 5.96 Å². The van der Waals surface area contributed by atoms with Crippen LogP contribution >= 0.6 is 24.0 Å². The molecule has 0 amide bonds. The van der Waals surface area contributed by atoms with Crippen molar-refractivity contribution in [1.29, 1.82) is 0 Å². The average Bonchev–Trinajstić information content (AvgIpc) is 3.42. The summed E-state index contributed by atoms with van der Waals surface area (Å²) in [6.45, 7) is 6.74. The topological polar surface area (TPSA) is 85.0 Å². The van der Waals surface area contributed by atoms with Gasteiger partial charge in [-0.1, -0.05) is 12.1 Å². The number of rotatable bonds is 9. The van der Waals surface area contributed by atoms with E-state index in [1.54, 1.807) is 18.9 Å². The lowest BCUT2D eigenvalue weighted by atomic mass is 10.1. The van der Waals surface area contributed by atoms with Gasteiger partial charge in [-0.3, -0.25) is 4.99 Å². The number of hydrogen-bond donors (Lipinski definition) is 2. The number of halogens is 1. The van der Waals surface area contributed by atoms with Crippen LogP contribution < -0.4 is 10.6 Å². The molecule has 3 aromatic rings. The van der Waals surface area contributed by atoms with Gasteiger partial charge in [0.2, 0.25) is 0 Å². The summed E-state index contributed by atoms with van der Waals surface area (Å²) in [6, 6.07) is 10.4. The molecule has 3 rings (SSSR count). The number of aryl methyl sites for hydroxylation is 1. The molecule has 0 aliphatic rings. The molecule has 156 valence electrons. The van der Waals surface area contributed by atoms with Gasteiger partial charge in [0.25, 0.3) is 0 Å². The molecule has 2 aromatic heterocycles. The minimum Gasteiger partial charge on any atom is -0.357 e. The Morgan fingerprint density at radius 2 is 2.00 bits per heavy atom. The Labute approximate surface area is 188 Å². The van der Waals surface area contributed by atoms with Crippen molar-refractivity contribution in [2.45, 2.75) is 39.3 Å². The fourth-order valence-electron chi connectivity index (χ4n) is 2.90. The average molecular weight is 508 g/mol. The molecule has 9 heteroatoms. The van der Waals surface area contributed by atoms with Crippen LogP contribution in [0.2, 0.25) is 0 Å². The second-order valence-electron chi connectivity index (χ2n) is 6.58. The van der Waals surface area contributed by atoms with E-state index in [1.165, 1.54) is 5.56 Å². The van der Waals surface area contributed by atoms with Crippen molar-refractivity contribution in [3.05, 3.63) is 60.9 Å². The maximum absolute atomic E-state index is 4.71. The van der Waals surface area contributed by atoms with E-state index in [2.05, 4.69) is 64.0 Å². The molecule has 1 atom stereocenters. The van der Waals surface area contributed by atoms with Gasteiger partial charge in [-0.2, -0.15) is 5.10 Å². The molecule has 0 saturated carbocycles. The van der Waals surface area contributed by atoms with Crippen molar-refractivity contribution in [2.75, 3.05) is 13.1 Å². The minimum atomic E-state index is 0. The number of unbranched alkanes of at least 4 members (excludes halogenated alkanes) is 1. The Balaban J connectivity index is 0.00000300. The summed E-state index contributed by atoms with van der Waals surface area (Å²) in [6.07, 6.45) is 9.28. The predicted octanol–water partition coefficient (Wildman–Crippen LogP) is 3.18. The van der Waals surface area contributed by atoms with Gasteiger partial charge in [0.1, 0.15) is 12.7 Å². The third kappa shape index (κ3) is 7.15. The molecule has 29 heavy (non-hydrogen) atoms. The third-order valence-electron chi connectivity index (χ3n) is 4.40. The number of hydrogen-bond acceptors (Lipinski definition) is 4. The Morgan fingerprint density at radius 1 is 1.17 bits per heavy atom. The second-order valence-corrected chi connectivity index (χ2v) is 6.58. The molecule has 2 N–H and O–H groups in total. The second kappa shape index (κ2) is 12.2. The molecular weight excluding hydrogens is 479 g/mol. The van der Waals surface area contributed by atoms with Crippen LogP contribution in [0, 0.1) is 0 Å². The van der Waals surface area contributed by atoms with Crippen LogP contribution in [0.5, 0.6) is 0 Å². The molecule has 2 heterocycles. The number of guanidine groups is 1. The zero-order valence-electron chi connectivity index (χ0n) is 16.9. The fourth-order valence-corrected chi connectivity index (χ4v) is 2.90. The highest BCUT2D eigenvalue weighted by atomic mass is 127. The SMILES string of the molecule is CCNC(=NCCCCn1cnnc1)NC(C)c1cccc(-n2cccn2)c1.I. The Bertz CT molecular complexity index is 845. The van der Waals surface area contributed by atoms with Crippen molar-refractivity contribution < 1.29 is 0 Å². The molecule has 0 saturated heterocycles. The number of aromatic nitrogens is 5. The summed E-state index contributed by atoms with van der Waals surface area (Å²) >= 11 is 0. The fraction of sp³-hybridized carbons (Fsp3) is 0.400. The van der Waals surface area contributed by atoms with Crippen LogP contribution in [-0.4, -0.2) is 43.6 Å². The number of nitrogens with one attached hydrogen (secondary N) is 2. The first-order valence-corrected chi connectivity index (χ1v) is 9.73. The quantitative estimate of drug-likeness (QED) is 0.201. The van der Waals surface area contributed by atoms with E-state index in [4.69, 9.17) is 4.99 Å². The lowest BCUT2D eigenvalue weighted by Gasteiger charge is -2.19. The smallest absolute Gasteiger partial charge is 0.191 e. The molecule has 0 spiro atoms. The van der Waals surface area contributed by atoms with E-state index < -0.39 is 0 Å². The lowest BCUT2D eigenvalue weighted by Crippen LogP contribution is -2.38. The molecule has 8 nitrogen and oxygen atoms in total. The van der Waals surface area contributed by atoms with E-state index in [9.17, 15) is 0 Å². The summed E-state index contributed by atoms with van der Waals surface area (Å²) in [4.78, 5) is 4.71. The van der Waals surface area contributed by atoms with Gasteiger partial charge in [-0.25, -0.2) is 4.68 Å². The normalized spacial score (nSPS) is 12.3. The zero-order chi connectivity index (χ0) is 19.6. The van der Waals surface area contributed by atoms with Crippen LogP contribution in [0.3, 0.4) is 0 Å². The molecule has 0 radical (unpaired) electrons. The largest absolute Gasteiger partial charge is 0.357 e. The Hall–Kier alpha value is -2.43.